The highest BCUT2D eigenvalue weighted by atomic mass is 32.1. The van der Waals surface area contributed by atoms with Crippen LogP contribution in [0, 0.1) is 0 Å². The van der Waals surface area contributed by atoms with Crippen LogP contribution in [-0.2, 0) is 0 Å². The lowest BCUT2D eigenvalue weighted by atomic mass is 9.96. The molecule has 0 N–H and O–H groups in total. The van der Waals surface area contributed by atoms with Gasteiger partial charge in [-0.25, -0.2) is 15.0 Å². The van der Waals surface area contributed by atoms with E-state index in [-0.39, 0.29) is 0 Å². The van der Waals surface area contributed by atoms with Crippen LogP contribution in [0.15, 0.2) is 203 Å². The molecule has 7 heteroatoms. The fourth-order valence-corrected chi connectivity index (χ4v) is 11.0. The number of thiophene rings is 1. The third kappa shape index (κ3) is 5.16. The minimum Gasteiger partial charge on any atom is -0.456 e. The van der Waals surface area contributed by atoms with Crippen molar-refractivity contribution < 1.29 is 8.83 Å². The molecule has 6 nitrogen and oxygen atoms in total. The van der Waals surface area contributed by atoms with E-state index in [1.165, 1.54) is 53.2 Å². The van der Waals surface area contributed by atoms with E-state index < -0.39 is 0 Å². The highest BCUT2D eigenvalue weighted by molar-refractivity contribution is 7.26. The van der Waals surface area contributed by atoms with E-state index in [0.29, 0.717) is 17.5 Å². The molecule has 0 bridgehead atoms. The van der Waals surface area contributed by atoms with Gasteiger partial charge in [0.1, 0.15) is 22.3 Å². The average Bonchev–Trinajstić information content (AvgIpc) is 4.13. The van der Waals surface area contributed by atoms with Gasteiger partial charge in [-0.3, -0.25) is 0 Å². The lowest BCUT2D eigenvalue weighted by Gasteiger charge is -2.12. The molecule has 0 atom stereocenters. The van der Waals surface area contributed by atoms with Gasteiger partial charge in [-0.15, -0.1) is 11.3 Å². The van der Waals surface area contributed by atoms with Gasteiger partial charge in [0, 0.05) is 63.6 Å². The summed E-state index contributed by atoms with van der Waals surface area (Å²) in [5.74, 6) is 1.67. The van der Waals surface area contributed by atoms with E-state index in [9.17, 15) is 0 Å². The van der Waals surface area contributed by atoms with E-state index in [0.717, 1.165) is 66.1 Å². The molecule has 0 saturated heterocycles. The topological polar surface area (TPSA) is 69.9 Å². The smallest absolute Gasteiger partial charge is 0.167 e. The Morgan fingerprint density at radius 3 is 1.78 bits per heavy atom. The van der Waals surface area contributed by atoms with Gasteiger partial charge < -0.3 is 13.4 Å². The van der Waals surface area contributed by atoms with Gasteiger partial charge >= 0.3 is 0 Å². The minimum absolute atomic E-state index is 0.536. The first-order chi connectivity index (χ1) is 31.7. The summed E-state index contributed by atoms with van der Waals surface area (Å²) in [6.45, 7) is 0. The van der Waals surface area contributed by atoms with Crippen LogP contribution in [0.5, 0.6) is 0 Å². The summed E-state index contributed by atoms with van der Waals surface area (Å²) in [6.07, 6.45) is 0. The highest BCUT2D eigenvalue weighted by Gasteiger charge is 2.23. The van der Waals surface area contributed by atoms with Gasteiger partial charge in [0.2, 0.25) is 0 Å². The van der Waals surface area contributed by atoms with E-state index in [4.69, 9.17) is 23.8 Å². The number of benzene rings is 9. The first-order valence-corrected chi connectivity index (χ1v) is 22.2. The first-order valence-electron chi connectivity index (χ1n) is 21.3. The van der Waals surface area contributed by atoms with Crippen LogP contribution in [0.4, 0.5) is 0 Å². The summed E-state index contributed by atoms with van der Waals surface area (Å²) in [5.41, 5.74) is 11.5. The SMILES string of the molecule is c1ccc(-c2nc(-c3cccc4c3oc3ccccc34)nc(-c3cccc4oc5ccc(-c6cccc7sc8cccc(-n9c%10ccccc%10c%10ccccc%109)c8c67)cc5c34)n2)cc1. The Bertz CT molecular complexity index is 4160. The molecule has 14 rings (SSSR count). The molecule has 14 aromatic rings. The normalized spacial score (nSPS) is 12.1. The van der Waals surface area contributed by atoms with E-state index in [1.807, 2.05) is 84.1 Å². The molecule has 0 radical (unpaired) electrons. The van der Waals surface area contributed by atoms with E-state index in [2.05, 4.69) is 126 Å². The summed E-state index contributed by atoms with van der Waals surface area (Å²) in [4.78, 5) is 15.6. The second-order valence-corrected chi connectivity index (χ2v) is 17.3. The Morgan fingerprint density at radius 2 is 0.953 bits per heavy atom. The van der Waals surface area contributed by atoms with Crippen molar-refractivity contribution in [2.24, 2.45) is 0 Å². The number of rotatable bonds is 5. The number of hydrogen-bond acceptors (Lipinski definition) is 6. The van der Waals surface area contributed by atoms with Gasteiger partial charge in [-0.1, -0.05) is 133 Å². The molecule has 9 aromatic carbocycles. The Labute approximate surface area is 368 Å². The zero-order chi connectivity index (χ0) is 41.9. The Morgan fingerprint density at radius 1 is 0.359 bits per heavy atom. The van der Waals surface area contributed by atoms with Crippen molar-refractivity contribution in [3.8, 4) is 51.0 Å². The maximum absolute atomic E-state index is 6.63. The fraction of sp³-hybridized carbons (Fsp3) is 0. The summed E-state index contributed by atoms with van der Waals surface area (Å²) in [5, 5.41) is 8.98. The van der Waals surface area contributed by atoms with Crippen molar-refractivity contribution in [3.63, 3.8) is 0 Å². The van der Waals surface area contributed by atoms with Gasteiger partial charge in [0.05, 0.1) is 22.3 Å². The van der Waals surface area contributed by atoms with Crippen LogP contribution in [0.2, 0.25) is 0 Å². The second kappa shape index (κ2) is 13.6. The van der Waals surface area contributed by atoms with Crippen molar-refractivity contribution in [1.29, 1.82) is 0 Å². The maximum atomic E-state index is 6.63. The third-order valence-electron chi connectivity index (χ3n) is 12.7. The Balaban J connectivity index is 0.995. The standard InChI is InChI=1S/C57H32N4O2S/c1-2-14-33(15-3-1)55-58-56(60-57(59-55)41-22-10-20-39-38-18-6-9-26-46(38)63-54(39)41)40-21-11-27-48-51(40)42-32-34(30-31-47(42)62-48)35-19-12-28-49-52(35)53-45(25-13-29-50(53)64-49)61-43-23-7-4-16-36(43)37-17-5-8-24-44(37)61/h1-32H. The molecule has 0 fully saturated rings. The molecular formula is C57H32N4O2S. The van der Waals surface area contributed by atoms with Crippen molar-refractivity contribution in [2.75, 3.05) is 0 Å². The molecule has 0 amide bonds. The predicted octanol–water partition coefficient (Wildman–Crippen LogP) is 15.8. The molecule has 64 heavy (non-hydrogen) atoms. The summed E-state index contributed by atoms with van der Waals surface area (Å²) in [6, 6.07) is 67.9. The highest BCUT2D eigenvalue weighted by Crippen LogP contribution is 2.46. The largest absolute Gasteiger partial charge is 0.456 e. The molecule has 0 aliphatic carbocycles. The summed E-state index contributed by atoms with van der Waals surface area (Å²) >= 11 is 1.84. The van der Waals surface area contributed by atoms with Gasteiger partial charge in [0.15, 0.2) is 17.5 Å². The monoisotopic (exact) mass is 836 g/mol. The molecule has 0 spiro atoms. The molecule has 0 unspecified atom stereocenters. The Kier molecular flexibility index (Phi) is 7.46. The van der Waals surface area contributed by atoms with Crippen molar-refractivity contribution in [2.45, 2.75) is 0 Å². The van der Waals surface area contributed by atoms with Crippen molar-refractivity contribution in [3.05, 3.63) is 194 Å². The molecule has 0 aliphatic heterocycles. The average molecular weight is 837 g/mol. The van der Waals surface area contributed by atoms with Crippen molar-refractivity contribution >= 4 is 97.2 Å². The summed E-state index contributed by atoms with van der Waals surface area (Å²) in [7, 11) is 0. The lowest BCUT2D eigenvalue weighted by molar-refractivity contribution is 0.668. The zero-order valence-electron chi connectivity index (χ0n) is 34.0. The van der Waals surface area contributed by atoms with Crippen LogP contribution in [0.1, 0.15) is 0 Å². The number of fused-ring (bicyclic) bond motifs is 12. The van der Waals surface area contributed by atoms with Gasteiger partial charge in [0.25, 0.3) is 0 Å². The van der Waals surface area contributed by atoms with Gasteiger partial charge in [-0.2, -0.15) is 0 Å². The van der Waals surface area contributed by atoms with Gasteiger partial charge in [-0.05, 0) is 71.8 Å². The Hall–Kier alpha value is -8.39. The lowest BCUT2D eigenvalue weighted by Crippen LogP contribution is -2.00. The minimum atomic E-state index is 0.536. The zero-order valence-corrected chi connectivity index (χ0v) is 34.8. The number of hydrogen-bond donors (Lipinski definition) is 0. The predicted molar refractivity (Wildman–Crippen MR) is 263 cm³/mol. The fourth-order valence-electron chi connectivity index (χ4n) is 9.89. The van der Waals surface area contributed by atoms with E-state index in [1.54, 1.807) is 0 Å². The number of furan rings is 2. The van der Waals surface area contributed by atoms with E-state index >= 15 is 0 Å². The molecule has 5 aromatic heterocycles. The second-order valence-electron chi connectivity index (χ2n) is 16.2. The molecule has 5 heterocycles. The molecule has 0 aliphatic rings. The van der Waals surface area contributed by atoms with Crippen LogP contribution in [-0.4, -0.2) is 19.5 Å². The number of para-hydroxylation sites is 4. The number of aromatic nitrogens is 4. The number of nitrogens with zero attached hydrogens (tertiary/aromatic N) is 4. The van der Waals surface area contributed by atoms with Crippen LogP contribution >= 0.6 is 11.3 Å². The van der Waals surface area contributed by atoms with Crippen LogP contribution in [0.3, 0.4) is 0 Å². The maximum Gasteiger partial charge on any atom is 0.167 e. The van der Waals surface area contributed by atoms with Crippen LogP contribution in [0.25, 0.3) is 137 Å². The molecule has 0 saturated carbocycles. The quantitative estimate of drug-likeness (QED) is 0.173. The third-order valence-corrected chi connectivity index (χ3v) is 13.8. The van der Waals surface area contributed by atoms with Crippen LogP contribution < -0.4 is 0 Å². The first kappa shape index (κ1) is 35.2. The summed E-state index contributed by atoms with van der Waals surface area (Å²) < 4.78 is 18.1. The van der Waals surface area contributed by atoms with Crippen molar-refractivity contribution in [1.82, 2.24) is 19.5 Å². The molecule has 298 valence electrons. The molecular weight excluding hydrogens is 805 g/mol.